The van der Waals surface area contributed by atoms with Gasteiger partial charge in [0, 0.05) is 49.3 Å². The van der Waals surface area contributed by atoms with Crippen LogP contribution in [0.2, 0.25) is 0 Å². The maximum absolute atomic E-state index is 12.2. The van der Waals surface area contributed by atoms with Crippen LogP contribution in [-0.4, -0.2) is 70.2 Å². The van der Waals surface area contributed by atoms with Crippen LogP contribution in [0, 0.1) is 10.1 Å². The summed E-state index contributed by atoms with van der Waals surface area (Å²) in [5, 5.41) is 13.4. The lowest BCUT2D eigenvalue weighted by molar-refractivity contribution is -0.383. The zero-order valence-corrected chi connectivity index (χ0v) is 18.4. The Morgan fingerprint density at radius 1 is 1.12 bits per heavy atom. The van der Waals surface area contributed by atoms with E-state index in [1.54, 1.807) is 11.8 Å². The average molecular weight is 451 g/mol. The number of hydrogen-bond donors (Lipinski definition) is 1. The molecule has 2 aliphatic heterocycles. The summed E-state index contributed by atoms with van der Waals surface area (Å²) in [6, 6.07) is 8.15. The number of carbonyl (C=O) groups excluding carboxylic acids is 1. The molecule has 4 heterocycles. The number of aromatic amines is 1. The fraction of sp³-hybridized carbons (Fsp3) is 0.409. The van der Waals surface area contributed by atoms with Crippen LogP contribution in [0.25, 0.3) is 10.9 Å². The SMILES string of the molecule is CCOC(=O)N1CCN(c2ncnc(N3CCc4c([nH]c5ccccc45)C3)c2[N+](=O)[O-])CC1. The van der Waals surface area contributed by atoms with Gasteiger partial charge in [0.15, 0.2) is 0 Å². The van der Waals surface area contributed by atoms with Crippen molar-refractivity contribution in [2.24, 2.45) is 0 Å². The molecule has 11 nitrogen and oxygen atoms in total. The van der Waals surface area contributed by atoms with E-state index in [0.717, 1.165) is 17.6 Å². The lowest BCUT2D eigenvalue weighted by Crippen LogP contribution is -2.49. The van der Waals surface area contributed by atoms with Crippen molar-refractivity contribution in [3.63, 3.8) is 0 Å². The van der Waals surface area contributed by atoms with Crippen molar-refractivity contribution in [2.75, 3.05) is 49.1 Å². The van der Waals surface area contributed by atoms with Crippen LogP contribution >= 0.6 is 0 Å². The minimum Gasteiger partial charge on any atom is -0.450 e. The van der Waals surface area contributed by atoms with Crippen molar-refractivity contribution in [1.82, 2.24) is 19.9 Å². The van der Waals surface area contributed by atoms with Gasteiger partial charge in [0.05, 0.1) is 18.1 Å². The standard InChI is InChI=1S/C22H25N7O4/c1-2-33-22(30)27-11-9-26(10-12-27)20-19(29(31)32)21(24-14-23-20)28-8-7-16-15-5-3-4-6-17(15)25-18(16)13-28/h3-6,14,25H,2,7-13H2,1H3. The smallest absolute Gasteiger partial charge is 0.409 e. The number of rotatable bonds is 4. The topological polar surface area (TPSA) is 121 Å². The van der Waals surface area contributed by atoms with Crippen LogP contribution in [0.15, 0.2) is 30.6 Å². The Morgan fingerprint density at radius 2 is 1.85 bits per heavy atom. The van der Waals surface area contributed by atoms with Crippen molar-refractivity contribution in [3.8, 4) is 0 Å². The fourth-order valence-corrected chi connectivity index (χ4v) is 4.68. The number of anilines is 2. The van der Waals surface area contributed by atoms with E-state index in [4.69, 9.17) is 4.74 Å². The molecule has 0 saturated carbocycles. The molecule has 5 rings (SSSR count). The molecule has 0 unspecified atom stereocenters. The number of fused-ring (bicyclic) bond motifs is 3. The monoisotopic (exact) mass is 451 g/mol. The zero-order valence-electron chi connectivity index (χ0n) is 18.4. The van der Waals surface area contributed by atoms with E-state index < -0.39 is 4.92 Å². The second-order valence-electron chi connectivity index (χ2n) is 8.10. The number of nitro groups is 1. The zero-order chi connectivity index (χ0) is 22.9. The number of hydrogen-bond acceptors (Lipinski definition) is 8. The lowest BCUT2D eigenvalue weighted by Gasteiger charge is -2.35. The molecule has 1 amide bonds. The number of aromatic nitrogens is 3. The van der Waals surface area contributed by atoms with Gasteiger partial charge in [-0.3, -0.25) is 10.1 Å². The molecule has 2 aliphatic rings. The molecule has 3 aromatic rings. The van der Waals surface area contributed by atoms with Crippen LogP contribution in [0.5, 0.6) is 0 Å². The van der Waals surface area contributed by atoms with Gasteiger partial charge in [-0.15, -0.1) is 0 Å². The van der Waals surface area contributed by atoms with Crippen molar-refractivity contribution in [3.05, 3.63) is 52.0 Å². The van der Waals surface area contributed by atoms with E-state index in [9.17, 15) is 14.9 Å². The number of para-hydroxylation sites is 1. The van der Waals surface area contributed by atoms with Gasteiger partial charge in [-0.1, -0.05) is 18.2 Å². The summed E-state index contributed by atoms with van der Waals surface area (Å²) in [4.78, 5) is 41.2. The van der Waals surface area contributed by atoms with Gasteiger partial charge in [0.2, 0.25) is 11.6 Å². The molecule has 2 aromatic heterocycles. The molecule has 0 aliphatic carbocycles. The summed E-state index contributed by atoms with van der Waals surface area (Å²) in [5.74, 6) is 0.609. The summed E-state index contributed by atoms with van der Waals surface area (Å²) in [6.45, 7) is 4.91. The number of nitrogens with one attached hydrogen (secondary N) is 1. The molecule has 11 heteroatoms. The van der Waals surface area contributed by atoms with Crippen molar-refractivity contribution in [1.29, 1.82) is 0 Å². The maximum atomic E-state index is 12.2. The molecular weight excluding hydrogens is 426 g/mol. The predicted octanol–water partition coefficient (Wildman–Crippen LogP) is 2.71. The summed E-state index contributed by atoms with van der Waals surface area (Å²) >= 11 is 0. The molecule has 0 radical (unpaired) electrons. The maximum Gasteiger partial charge on any atom is 0.409 e. The number of amides is 1. The highest BCUT2D eigenvalue weighted by molar-refractivity contribution is 5.85. The predicted molar refractivity (Wildman–Crippen MR) is 123 cm³/mol. The third kappa shape index (κ3) is 3.79. The van der Waals surface area contributed by atoms with Gasteiger partial charge < -0.3 is 24.4 Å². The van der Waals surface area contributed by atoms with E-state index in [2.05, 4.69) is 21.0 Å². The van der Waals surface area contributed by atoms with Crippen LogP contribution in [0.4, 0.5) is 22.1 Å². The number of carbonyl (C=O) groups is 1. The van der Waals surface area contributed by atoms with Crippen molar-refractivity contribution < 1.29 is 14.5 Å². The second-order valence-corrected chi connectivity index (χ2v) is 8.10. The first kappa shape index (κ1) is 21.0. The molecular formula is C22H25N7O4. The molecule has 172 valence electrons. The quantitative estimate of drug-likeness (QED) is 0.475. The van der Waals surface area contributed by atoms with E-state index >= 15 is 0 Å². The number of benzene rings is 1. The number of H-pyrrole nitrogens is 1. The first-order valence-corrected chi connectivity index (χ1v) is 11.1. The fourth-order valence-electron chi connectivity index (χ4n) is 4.68. The summed E-state index contributed by atoms with van der Waals surface area (Å²) in [7, 11) is 0. The Balaban J connectivity index is 1.41. The minimum atomic E-state index is -0.400. The molecule has 1 aromatic carbocycles. The summed E-state index contributed by atoms with van der Waals surface area (Å²) in [6.07, 6.45) is 1.79. The molecule has 33 heavy (non-hydrogen) atoms. The highest BCUT2D eigenvalue weighted by Gasteiger charge is 2.34. The van der Waals surface area contributed by atoms with Crippen LogP contribution in [0.3, 0.4) is 0 Å². The summed E-state index contributed by atoms with van der Waals surface area (Å²) < 4.78 is 5.06. The van der Waals surface area contributed by atoms with E-state index in [0.29, 0.717) is 51.7 Å². The summed E-state index contributed by atoms with van der Waals surface area (Å²) in [5.41, 5.74) is 3.29. The van der Waals surface area contributed by atoms with Crippen LogP contribution < -0.4 is 9.80 Å². The van der Waals surface area contributed by atoms with Crippen molar-refractivity contribution in [2.45, 2.75) is 19.9 Å². The molecule has 0 atom stereocenters. The van der Waals surface area contributed by atoms with Gasteiger partial charge in [0.25, 0.3) is 0 Å². The third-order valence-corrected chi connectivity index (χ3v) is 6.25. The minimum absolute atomic E-state index is 0.0957. The van der Waals surface area contributed by atoms with Gasteiger partial charge in [-0.2, -0.15) is 0 Å². The molecule has 1 saturated heterocycles. The lowest BCUT2D eigenvalue weighted by atomic mass is 10.0. The normalized spacial score (nSPS) is 16.1. The molecule has 0 spiro atoms. The second kappa shape index (κ2) is 8.57. The molecule has 1 N–H and O–H groups in total. The van der Waals surface area contributed by atoms with Gasteiger partial charge in [0.1, 0.15) is 6.33 Å². The largest absolute Gasteiger partial charge is 0.450 e. The Bertz CT molecular complexity index is 1200. The van der Waals surface area contributed by atoms with Crippen LogP contribution in [0.1, 0.15) is 18.2 Å². The van der Waals surface area contributed by atoms with E-state index in [-0.39, 0.29) is 17.6 Å². The number of ether oxygens (including phenoxy) is 1. The van der Waals surface area contributed by atoms with E-state index in [1.165, 1.54) is 17.3 Å². The highest BCUT2D eigenvalue weighted by Crippen LogP contribution is 2.37. The Hall–Kier alpha value is -3.89. The number of piperazine rings is 1. The Kier molecular flexibility index (Phi) is 5.45. The highest BCUT2D eigenvalue weighted by atomic mass is 16.6. The first-order chi connectivity index (χ1) is 16.1. The van der Waals surface area contributed by atoms with Gasteiger partial charge in [-0.25, -0.2) is 14.8 Å². The Labute approximate surface area is 190 Å². The van der Waals surface area contributed by atoms with Crippen molar-refractivity contribution >= 4 is 34.3 Å². The number of nitrogens with zero attached hydrogens (tertiary/aromatic N) is 6. The van der Waals surface area contributed by atoms with Gasteiger partial charge >= 0.3 is 11.8 Å². The Morgan fingerprint density at radius 3 is 2.58 bits per heavy atom. The third-order valence-electron chi connectivity index (χ3n) is 6.25. The molecule has 0 bridgehead atoms. The van der Waals surface area contributed by atoms with E-state index in [1.807, 2.05) is 28.0 Å². The molecule has 1 fully saturated rings. The van der Waals surface area contributed by atoms with Crippen LogP contribution in [-0.2, 0) is 17.7 Å². The first-order valence-electron chi connectivity index (χ1n) is 11.1. The average Bonchev–Trinajstić information content (AvgIpc) is 3.21. The van der Waals surface area contributed by atoms with Gasteiger partial charge in [-0.05, 0) is 25.0 Å².